The number of benzene rings is 9. The van der Waals surface area contributed by atoms with Crippen LogP contribution >= 0.6 is 31.9 Å². The van der Waals surface area contributed by atoms with Crippen molar-refractivity contribution >= 4 is 86.7 Å². The van der Waals surface area contributed by atoms with Crippen molar-refractivity contribution in [3.05, 3.63) is 327 Å². The van der Waals surface area contributed by atoms with Gasteiger partial charge in [-0.2, -0.15) is 0 Å². The van der Waals surface area contributed by atoms with E-state index in [2.05, 4.69) is 31.9 Å². The highest BCUT2D eigenvalue weighted by molar-refractivity contribution is 9.09. The van der Waals surface area contributed by atoms with E-state index in [0.29, 0.717) is 39.6 Å². The molecule has 21 heteroatoms. The van der Waals surface area contributed by atoms with E-state index in [1.54, 1.807) is 62.4 Å². The van der Waals surface area contributed by atoms with Gasteiger partial charge in [0.1, 0.15) is 137 Å². The van der Waals surface area contributed by atoms with Crippen LogP contribution in [0.3, 0.4) is 0 Å². The van der Waals surface area contributed by atoms with Gasteiger partial charge in [-0.3, -0.25) is 24.0 Å². The third-order valence-electron chi connectivity index (χ3n) is 15.5. The van der Waals surface area contributed by atoms with Gasteiger partial charge in [-0.05, 0) is 141 Å². The molecular weight excluding hydrogens is 1430 g/mol. The SMILES string of the molecule is CC(Br)c1oc2cccc(F)c2c(=O)c1-c1ccc(F)cc1.CC(O)c1oc2cccc(F)c2c(=O)c1-c1ccccc1.CCC(Br)c1oc2cccc(F)c2c(=O)c1-c1ccccc1.C[C@H](O)c1oc2cccc(F)c2c(=O)c1-c1cccc(F)c1.Cc1cc(=O)c2c(F)cccc2o1. The summed E-state index contributed by atoms with van der Waals surface area (Å²) in [6.45, 7) is 8.38. The van der Waals surface area contributed by atoms with Crippen LogP contribution in [0.5, 0.6) is 0 Å². The van der Waals surface area contributed by atoms with Crippen LogP contribution in [0, 0.1) is 47.6 Å². The smallest absolute Gasteiger partial charge is 0.203 e. The number of aliphatic hydroxyl groups is 2. The minimum absolute atomic E-state index is 0.000839. The van der Waals surface area contributed by atoms with Gasteiger partial charge in [0.2, 0.25) is 21.7 Å². The zero-order valence-electron chi connectivity index (χ0n) is 53.5. The fourth-order valence-corrected chi connectivity index (χ4v) is 11.6. The van der Waals surface area contributed by atoms with Gasteiger partial charge in [0.15, 0.2) is 5.43 Å². The third-order valence-corrected chi connectivity index (χ3v) is 17.0. The molecule has 5 aromatic heterocycles. The average molecular weight is 1490 g/mol. The molecule has 14 aromatic rings. The molecule has 5 heterocycles. The van der Waals surface area contributed by atoms with Crippen molar-refractivity contribution in [3.63, 3.8) is 0 Å². The van der Waals surface area contributed by atoms with E-state index in [4.69, 9.17) is 22.1 Å². The van der Waals surface area contributed by atoms with Gasteiger partial charge >= 0.3 is 0 Å². The first-order valence-electron chi connectivity index (χ1n) is 30.9. The van der Waals surface area contributed by atoms with Crippen LogP contribution in [-0.2, 0) is 0 Å². The average Bonchev–Trinajstić information content (AvgIpc) is 0.782. The molecule has 100 heavy (non-hydrogen) atoms. The number of rotatable bonds is 9. The fourth-order valence-electron chi connectivity index (χ4n) is 11.0. The quantitative estimate of drug-likeness (QED) is 0.103. The third kappa shape index (κ3) is 15.5. The van der Waals surface area contributed by atoms with Crippen molar-refractivity contribution in [1.29, 1.82) is 0 Å². The van der Waals surface area contributed by atoms with Crippen LogP contribution in [-0.4, -0.2) is 10.2 Å². The van der Waals surface area contributed by atoms with Crippen LogP contribution in [0.1, 0.15) is 84.8 Å². The number of hydrogen-bond donors (Lipinski definition) is 2. The fraction of sp³-hybridized carbons (Fsp3) is 0.127. The van der Waals surface area contributed by atoms with Gasteiger partial charge in [0.25, 0.3) is 0 Å². The van der Waals surface area contributed by atoms with E-state index in [-0.39, 0.29) is 104 Å². The maximum Gasteiger partial charge on any atom is 0.203 e. The van der Waals surface area contributed by atoms with E-state index in [0.717, 1.165) is 24.1 Å². The molecule has 0 bridgehead atoms. The molecule has 0 radical (unpaired) electrons. The molecule has 4 atom stereocenters. The zero-order valence-corrected chi connectivity index (χ0v) is 56.7. The van der Waals surface area contributed by atoms with Crippen molar-refractivity contribution in [1.82, 2.24) is 0 Å². The Kier molecular flexibility index (Phi) is 22.7. The summed E-state index contributed by atoms with van der Waals surface area (Å²) in [6.07, 6.45) is -1.32. The summed E-state index contributed by atoms with van der Waals surface area (Å²) in [5, 5.41) is 19.4. The number of alkyl halides is 2. The molecule has 0 saturated carbocycles. The van der Waals surface area contributed by atoms with Gasteiger partial charge in [-0.15, -0.1) is 0 Å². The van der Waals surface area contributed by atoms with E-state index in [1.165, 1.54) is 123 Å². The molecule has 0 aliphatic carbocycles. The second kappa shape index (κ2) is 31.5. The Hall–Kier alpha value is -10.6. The maximum atomic E-state index is 14.1. The highest BCUT2D eigenvalue weighted by Gasteiger charge is 2.26. The molecule has 3 unspecified atom stereocenters. The van der Waals surface area contributed by atoms with E-state index >= 15 is 0 Å². The lowest BCUT2D eigenvalue weighted by Gasteiger charge is -2.13. The Morgan fingerprint density at radius 1 is 0.350 bits per heavy atom. The summed E-state index contributed by atoms with van der Waals surface area (Å²) in [7, 11) is 0. The highest BCUT2D eigenvalue weighted by atomic mass is 79.9. The number of hydrogen-bond acceptors (Lipinski definition) is 12. The molecule has 9 aromatic carbocycles. The summed E-state index contributed by atoms with van der Waals surface area (Å²) in [4.78, 5) is 61.9. The summed E-state index contributed by atoms with van der Waals surface area (Å²) in [5.41, 5.74) is 1.55. The van der Waals surface area contributed by atoms with Crippen molar-refractivity contribution in [2.45, 2.75) is 62.9 Å². The Balaban J connectivity index is 0.000000136. The van der Waals surface area contributed by atoms with E-state index in [9.17, 15) is 64.9 Å². The van der Waals surface area contributed by atoms with Gasteiger partial charge in [0, 0.05) is 6.07 Å². The molecule has 0 spiro atoms. The summed E-state index contributed by atoms with van der Waals surface area (Å²) in [5.74, 6) is -2.49. The lowest BCUT2D eigenvalue weighted by atomic mass is 10.00. The standard InChI is InChI=1S/C18H14BrFO2.C17H11BrF2O2.C17H12F2O3.C17H13FO3.C10H7FO2/c1-2-12(19)18-15(11-7-4-3-5-8-11)17(21)16-13(20)9-6-10-14(16)22-18;1-9(18)17-14(10-5-7-11(19)8-6-10)16(21)15-12(20)3-2-4-13(15)22-17;1-9(20)17-14(10-4-2-5-11(18)8-10)16(21)15-12(19)6-3-7-13(15)22-17;1-10(19)17-14(11-6-3-2-4-7-11)16(20)15-12(18)8-5-9-13(15)21-17;1-6-5-8(12)10-7(11)3-2-4-9(10)13-6/h3-10,12H,2H2,1H3;2-9H,1H3;2-9,20H,1H3;2-10,19H,1H3;2-5H,1H3/t;;9-;;/m..0../s1. The largest absolute Gasteiger partial charge is 0.461 e. The molecule has 0 aliphatic rings. The van der Waals surface area contributed by atoms with Crippen LogP contribution in [0.25, 0.3) is 99.4 Å². The number of aryl methyl sites for hydroxylation is 1. The summed E-state index contributed by atoms with van der Waals surface area (Å²) < 4.78 is 124. The topological polar surface area (TPSA) is 192 Å². The second-order valence-electron chi connectivity index (χ2n) is 22.6. The minimum Gasteiger partial charge on any atom is -0.461 e. The first kappa shape index (κ1) is 72.2. The maximum absolute atomic E-state index is 14.1. The Morgan fingerprint density at radius 3 is 1.05 bits per heavy atom. The molecule has 12 nitrogen and oxygen atoms in total. The van der Waals surface area contributed by atoms with Crippen molar-refractivity contribution in [2.75, 3.05) is 0 Å². The number of aliphatic hydroxyl groups excluding tert-OH is 2. The predicted octanol–water partition coefficient (Wildman–Crippen LogP) is 20.3. The number of fused-ring (bicyclic) bond motifs is 5. The monoisotopic (exact) mass is 1490 g/mol. The second-order valence-corrected chi connectivity index (χ2v) is 25.0. The van der Waals surface area contributed by atoms with E-state index < -0.39 is 69.2 Å². The first-order valence-corrected chi connectivity index (χ1v) is 32.7. The Labute approximate surface area is 580 Å². The normalized spacial score (nSPS) is 12.3. The zero-order chi connectivity index (χ0) is 71.8. The van der Waals surface area contributed by atoms with Gasteiger partial charge in [-0.1, -0.05) is 154 Å². The van der Waals surface area contributed by atoms with Crippen molar-refractivity contribution in [3.8, 4) is 44.5 Å². The molecule has 2 N–H and O–H groups in total. The van der Waals surface area contributed by atoms with Crippen LogP contribution < -0.4 is 27.1 Å². The van der Waals surface area contributed by atoms with Crippen molar-refractivity contribution in [2.24, 2.45) is 0 Å². The first-order chi connectivity index (χ1) is 47.9. The summed E-state index contributed by atoms with van der Waals surface area (Å²) >= 11 is 6.93. The molecular formula is C79H57Br2F7O12. The van der Waals surface area contributed by atoms with Crippen LogP contribution in [0.4, 0.5) is 30.7 Å². The molecule has 0 saturated heterocycles. The molecule has 0 aliphatic heterocycles. The Morgan fingerprint density at radius 2 is 0.670 bits per heavy atom. The predicted molar refractivity (Wildman–Crippen MR) is 379 cm³/mol. The van der Waals surface area contributed by atoms with Gasteiger partial charge in [0.05, 0.1) is 31.9 Å². The molecule has 14 rings (SSSR count). The minimum atomic E-state index is -1.10. The molecule has 0 amide bonds. The summed E-state index contributed by atoms with van der Waals surface area (Å²) in [6, 6.07) is 51.3. The Bertz CT molecular complexity index is 5660. The number of halogens is 9. The highest BCUT2D eigenvalue weighted by Crippen LogP contribution is 2.38. The van der Waals surface area contributed by atoms with Crippen LogP contribution in [0.2, 0.25) is 0 Å². The van der Waals surface area contributed by atoms with E-state index in [1.807, 2.05) is 43.3 Å². The molecule has 0 fully saturated rings. The lowest BCUT2D eigenvalue weighted by Crippen LogP contribution is -2.12. The molecule has 508 valence electrons. The van der Waals surface area contributed by atoms with Gasteiger partial charge < -0.3 is 32.3 Å². The van der Waals surface area contributed by atoms with Crippen LogP contribution in [0.15, 0.2) is 252 Å². The van der Waals surface area contributed by atoms with Gasteiger partial charge in [-0.25, -0.2) is 30.7 Å². The van der Waals surface area contributed by atoms with Crippen molar-refractivity contribution < 1.29 is 63.0 Å². The lowest BCUT2D eigenvalue weighted by molar-refractivity contribution is 0.171.